The Hall–Kier alpha value is -3.36. The fraction of sp³-hybridized carbons (Fsp3) is 0. The van der Waals surface area contributed by atoms with Crippen LogP contribution in [0.5, 0.6) is 0 Å². The molecule has 0 radical (unpaired) electrons. The predicted octanol–water partition coefficient (Wildman–Crippen LogP) is 0.442. The molecule has 21 heavy (non-hydrogen) atoms. The van der Waals surface area contributed by atoms with Crippen LogP contribution in [0.2, 0.25) is 0 Å². The van der Waals surface area contributed by atoms with Gasteiger partial charge in [0.1, 0.15) is 0 Å². The monoisotopic (exact) mass is 287 g/mol. The Bertz CT molecular complexity index is 748. The molecule has 1 aromatic heterocycles. The summed E-state index contributed by atoms with van der Waals surface area (Å²) in [7, 11) is 0. The van der Waals surface area contributed by atoms with Crippen LogP contribution in [0.25, 0.3) is 0 Å². The molecule has 0 aliphatic heterocycles. The number of aromatic amines is 1. The van der Waals surface area contributed by atoms with E-state index in [-0.39, 0.29) is 11.4 Å². The molecule has 0 aliphatic carbocycles. The molecule has 1 amide bonds. The molecule has 9 heteroatoms. The van der Waals surface area contributed by atoms with E-state index in [9.17, 15) is 19.7 Å². The minimum atomic E-state index is -0.618. The molecule has 9 nitrogen and oxygen atoms in total. The van der Waals surface area contributed by atoms with Crippen LogP contribution >= 0.6 is 0 Å². The van der Waals surface area contributed by atoms with Gasteiger partial charge in [-0.05, 0) is 6.07 Å². The number of non-ortho nitro benzene ring substituents is 1. The van der Waals surface area contributed by atoms with Gasteiger partial charge >= 0.3 is 0 Å². The number of nitro groups is 1. The molecular weight excluding hydrogens is 278 g/mol. The number of nitrogens with zero attached hydrogens (tertiary/aromatic N) is 3. The maximum absolute atomic E-state index is 11.6. The van der Waals surface area contributed by atoms with E-state index in [1.807, 2.05) is 0 Å². The van der Waals surface area contributed by atoms with Crippen molar-refractivity contribution in [1.29, 1.82) is 0 Å². The minimum Gasteiger partial charge on any atom is -0.268 e. The topological polar surface area (TPSA) is 130 Å². The van der Waals surface area contributed by atoms with E-state index in [1.165, 1.54) is 30.5 Å². The van der Waals surface area contributed by atoms with Crippen molar-refractivity contribution in [2.75, 3.05) is 0 Å². The van der Waals surface area contributed by atoms with Gasteiger partial charge < -0.3 is 0 Å². The van der Waals surface area contributed by atoms with Crippen LogP contribution in [0, 0.1) is 10.1 Å². The maximum Gasteiger partial charge on any atom is 0.291 e. The van der Waals surface area contributed by atoms with Crippen molar-refractivity contribution in [3.63, 3.8) is 0 Å². The third kappa shape index (κ3) is 3.80. The molecule has 0 fully saturated rings. The van der Waals surface area contributed by atoms with Gasteiger partial charge in [0.2, 0.25) is 0 Å². The highest BCUT2D eigenvalue weighted by Gasteiger charge is 2.06. The zero-order chi connectivity index (χ0) is 15.2. The number of aromatic nitrogens is 2. The van der Waals surface area contributed by atoms with Gasteiger partial charge in [-0.15, -0.1) is 0 Å². The first-order valence-electron chi connectivity index (χ1n) is 5.70. The average Bonchev–Trinajstić information content (AvgIpc) is 2.48. The molecule has 0 spiro atoms. The summed E-state index contributed by atoms with van der Waals surface area (Å²) in [4.78, 5) is 32.5. The molecule has 0 bridgehead atoms. The van der Waals surface area contributed by atoms with Crippen molar-refractivity contribution in [2.24, 2.45) is 5.10 Å². The number of hydrogen-bond donors (Lipinski definition) is 2. The van der Waals surface area contributed by atoms with Crippen molar-refractivity contribution in [1.82, 2.24) is 15.6 Å². The molecule has 0 saturated heterocycles. The third-order valence-corrected chi connectivity index (χ3v) is 2.37. The lowest BCUT2D eigenvalue weighted by atomic mass is 10.2. The third-order valence-electron chi connectivity index (χ3n) is 2.37. The molecule has 106 valence electrons. The van der Waals surface area contributed by atoms with Gasteiger partial charge in [-0.25, -0.2) is 10.5 Å². The van der Waals surface area contributed by atoms with Crippen LogP contribution in [0.1, 0.15) is 16.1 Å². The number of hydrogen-bond acceptors (Lipinski definition) is 6. The van der Waals surface area contributed by atoms with E-state index in [0.717, 1.165) is 6.07 Å². The molecule has 1 aromatic carbocycles. The normalized spacial score (nSPS) is 10.5. The SMILES string of the molecule is O=C(N/N=C\c1cccc([N+](=O)[O-])c1)c1ccc(=O)[nH]n1. The molecule has 1 heterocycles. The number of H-pyrrole nitrogens is 1. The van der Waals surface area contributed by atoms with Crippen molar-refractivity contribution >= 4 is 17.8 Å². The van der Waals surface area contributed by atoms with E-state index in [4.69, 9.17) is 0 Å². The zero-order valence-electron chi connectivity index (χ0n) is 10.5. The van der Waals surface area contributed by atoms with Crippen LogP contribution in [0.4, 0.5) is 5.69 Å². The predicted molar refractivity (Wildman–Crippen MR) is 73.0 cm³/mol. The molecule has 2 N–H and O–H groups in total. The van der Waals surface area contributed by atoms with Crippen molar-refractivity contribution in [2.45, 2.75) is 0 Å². The quantitative estimate of drug-likeness (QED) is 0.478. The number of rotatable bonds is 4. The van der Waals surface area contributed by atoms with Gasteiger partial charge in [-0.1, -0.05) is 12.1 Å². The molecule has 0 aliphatic rings. The van der Waals surface area contributed by atoms with Crippen molar-refractivity contribution in [3.8, 4) is 0 Å². The first kappa shape index (κ1) is 14.1. The highest BCUT2D eigenvalue weighted by molar-refractivity contribution is 5.92. The Morgan fingerprint density at radius 3 is 2.86 bits per heavy atom. The number of hydrazone groups is 1. The standard InChI is InChI=1S/C12H9N5O4/c18-11-5-4-10(14-15-11)12(19)16-13-7-8-2-1-3-9(6-8)17(20)21/h1-7H,(H,15,18)(H,16,19)/b13-7-. The number of benzene rings is 1. The van der Waals surface area contributed by atoms with Crippen LogP contribution in [-0.4, -0.2) is 27.2 Å². The van der Waals surface area contributed by atoms with Crippen LogP contribution in [0.15, 0.2) is 46.3 Å². The van der Waals surface area contributed by atoms with Gasteiger partial charge in [0.15, 0.2) is 5.69 Å². The second kappa shape index (κ2) is 6.19. The van der Waals surface area contributed by atoms with E-state index in [1.54, 1.807) is 6.07 Å². The Kier molecular flexibility index (Phi) is 4.14. The van der Waals surface area contributed by atoms with Crippen molar-refractivity contribution < 1.29 is 9.72 Å². The number of amides is 1. The lowest BCUT2D eigenvalue weighted by Crippen LogP contribution is -2.21. The Morgan fingerprint density at radius 2 is 2.19 bits per heavy atom. The fourth-order valence-corrected chi connectivity index (χ4v) is 1.41. The van der Waals surface area contributed by atoms with Crippen LogP contribution in [0.3, 0.4) is 0 Å². The molecule has 2 aromatic rings. The average molecular weight is 287 g/mol. The minimum absolute atomic E-state index is 0.00853. The lowest BCUT2D eigenvalue weighted by Gasteiger charge is -1.97. The van der Waals surface area contributed by atoms with Gasteiger partial charge in [-0.2, -0.15) is 10.2 Å². The van der Waals surface area contributed by atoms with E-state index in [2.05, 4.69) is 20.7 Å². The van der Waals surface area contributed by atoms with Crippen LogP contribution in [-0.2, 0) is 0 Å². The van der Waals surface area contributed by atoms with Crippen molar-refractivity contribution in [3.05, 3.63) is 68.1 Å². The highest BCUT2D eigenvalue weighted by atomic mass is 16.6. The first-order valence-corrected chi connectivity index (χ1v) is 5.70. The van der Waals surface area contributed by atoms with Gasteiger partial charge in [0, 0.05) is 23.8 Å². The van der Waals surface area contributed by atoms with E-state index < -0.39 is 16.4 Å². The Morgan fingerprint density at radius 1 is 1.38 bits per heavy atom. The summed E-state index contributed by atoms with van der Waals surface area (Å²) >= 11 is 0. The summed E-state index contributed by atoms with van der Waals surface area (Å²) in [5.74, 6) is -0.618. The summed E-state index contributed by atoms with van der Waals surface area (Å²) < 4.78 is 0. The second-order valence-corrected chi connectivity index (χ2v) is 3.86. The number of carbonyl (C=O) groups excluding carboxylic acids is 1. The summed E-state index contributed by atoms with van der Waals surface area (Å²) in [6, 6.07) is 8.17. The summed E-state index contributed by atoms with van der Waals surface area (Å²) in [5.41, 5.74) is 2.14. The lowest BCUT2D eigenvalue weighted by molar-refractivity contribution is -0.384. The maximum atomic E-state index is 11.6. The Balaban J connectivity index is 2.03. The first-order chi connectivity index (χ1) is 10.1. The van der Waals surface area contributed by atoms with Gasteiger partial charge in [0.25, 0.3) is 17.2 Å². The molecule has 0 atom stereocenters. The molecule has 0 saturated carbocycles. The molecule has 2 rings (SSSR count). The van der Waals surface area contributed by atoms with Gasteiger partial charge in [-0.3, -0.25) is 19.7 Å². The summed E-state index contributed by atoms with van der Waals surface area (Å²) in [5, 5.41) is 19.9. The summed E-state index contributed by atoms with van der Waals surface area (Å²) in [6.07, 6.45) is 1.26. The fourth-order valence-electron chi connectivity index (χ4n) is 1.41. The number of nitrogens with one attached hydrogen (secondary N) is 2. The number of carbonyl (C=O) groups is 1. The van der Waals surface area contributed by atoms with Gasteiger partial charge in [0.05, 0.1) is 11.1 Å². The second-order valence-electron chi connectivity index (χ2n) is 3.86. The molecular formula is C12H9N5O4. The highest BCUT2D eigenvalue weighted by Crippen LogP contribution is 2.11. The zero-order valence-corrected chi connectivity index (χ0v) is 10.5. The van der Waals surface area contributed by atoms with E-state index >= 15 is 0 Å². The summed E-state index contributed by atoms with van der Waals surface area (Å²) in [6.45, 7) is 0. The smallest absolute Gasteiger partial charge is 0.268 e. The number of nitro benzene ring substituents is 1. The largest absolute Gasteiger partial charge is 0.291 e. The van der Waals surface area contributed by atoms with E-state index in [0.29, 0.717) is 5.56 Å². The van der Waals surface area contributed by atoms with Crippen LogP contribution < -0.4 is 11.0 Å². The Labute approximate surface area is 117 Å². The molecule has 0 unspecified atom stereocenters.